The number of hydrogen-bond donors (Lipinski definition) is 3. The Morgan fingerprint density at radius 3 is 2.47 bits per heavy atom. The quantitative estimate of drug-likeness (QED) is 0.461. The molecule has 1 aromatic carbocycles. The fourth-order valence-corrected chi connectivity index (χ4v) is 1.74. The van der Waals surface area contributed by atoms with Gasteiger partial charge in [-0.2, -0.15) is 8.42 Å². The Bertz CT molecular complexity index is 519. The Morgan fingerprint density at radius 1 is 1.47 bits per heavy atom. The molecule has 0 heterocycles. The van der Waals surface area contributed by atoms with Crippen LogP contribution in [0.5, 0.6) is 5.75 Å². The van der Waals surface area contributed by atoms with Crippen LogP contribution in [-0.2, 0) is 17.0 Å². The first kappa shape index (κ1) is 13.9. The SMILES string of the molecule is Cc1c(CN)cc(OS(=O)(=O)F)cc1B(O)O. The van der Waals surface area contributed by atoms with E-state index in [-0.39, 0.29) is 17.8 Å². The predicted octanol–water partition coefficient (Wildman–Crippen LogP) is -1.27. The first-order valence-corrected chi connectivity index (χ1v) is 5.89. The highest BCUT2D eigenvalue weighted by Crippen LogP contribution is 2.18. The van der Waals surface area contributed by atoms with Crippen molar-refractivity contribution in [3.63, 3.8) is 0 Å². The van der Waals surface area contributed by atoms with Gasteiger partial charge in [-0.05, 0) is 35.6 Å². The molecule has 0 bridgehead atoms. The molecule has 0 atom stereocenters. The highest BCUT2D eigenvalue weighted by molar-refractivity contribution is 7.81. The molecule has 0 aliphatic heterocycles. The molecule has 0 saturated carbocycles. The largest absolute Gasteiger partial charge is 0.488 e. The summed E-state index contributed by atoms with van der Waals surface area (Å²) in [7, 11) is -6.99. The lowest BCUT2D eigenvalue weighted by atomic mass is 9.76. The molecule has 1 rings (SSSR count). The predicted molar refractivity (Wildman–Crippen MR) is 59.6 cm³/mol. The fourth-order valence-electron chi connectivity index (χ4n) is 1.41. The molecule has 0 aromatic heterocycles. The molecule has 0 unspecified atom stereocenters. The van der Waals surface area contributed by atoms with Crippen LogP contribution in [0.2, 0.25) is 0 Å². The van der Waals surface area contributed by atoms with Gasteiger partial charge < -0.3 is 20.0 Å². The number of rotatable bonds is 4. The van der Waals surface area contributed by atoms with E-state index in [2.05, 4.69) is 4.18 Å². The lowest BCUT2D eigenvalue weighted by molar-refractivity contribution is 0.423. The zero-order valence-electron chi connectivity index (χ0n) is 8.92. The van der Waals surface area contributed by atoms with E-state index in [0.29, 0.717) is 11.1 Å². The summed E-state index contributed by atoms with van der Waals surface area (Å²) >= 11 is 0. The first-order chi connectivity index (χ1) is 7.74. The van der Waals surface area contributed by atoms with E-state index in [1.165, 1.54) is 6.07 Å². The molecule has 0 amide bonds. The van der Waals surface area contributed by atoms with Crippen LogP contribution in [-0.4, -0.2) is 25.6 Å². The topological polar surface area (TPSA) is 110 Å². The van der Waals surface area contributed by atoms with Crippen molar-refractivity contribution in [2.75, 3.05) is 0 Å². The Kier molecular flexibility index (Phi) is 4.09. The van der Waals surface area contributed by atoms with Crippen LogP contribution in [0.15, 0.2) is 12.1 Å². The molecule has 0 radical (unpaired) electrons. The van der Waals surface area contributed by atoms with E-state index in [1.54, 1.807) is 6.92 Å². The number of nitrogens with two attached hydrogens (primary N) is 1. The minimum Gasteiger partial charge on any atom is -0.423 e. The maximum atomic E-state index is 12.3. The molecule has 94 valence electrons. The molecular formula is C8H11BFNO5S. The van der Waals surface area contributed by atoms with Gasteiger partial charge in [-0.25, -0.2) is 0 Å². The molecule has 0 aliphatic carbocycles. The number of benzene rings is 1. The molecule has 0 saturated heterocycles. The van der Waals surface area contributed by atoms with Gasteiger partial charge in [0.15, 0.2) is 0 Å². The highest BCUT2D eigenvalue weighted by atomic mass is 32.3. The summed E-state index contributed by atoms with van der Waals surface area (Å²) < 4.78 is 37.0. The summed E-state index contributed by atoms with van der Waals surface area (Å²) in [5.74, 6) is -0.360. The van der Waals surface area contributed by atoms with Crippen LogP contribution in [0, 0.1) is 6.92 Å². The van der Waals surface area contributed by atoms with Gasteiger partial charge in [0.2, 0.25) is 0 Å². The van der Waals surface area contributed by atoms with Gasteiger partial charge in [-0.1, -0.05) is 3.89 Å². The van der Waals surface area contributed by atoms with E-state index in [9.17, 15) is 12.3 Å². The minimum atomic E-state index is -5.16. The summed E-state index contributed by atoms with van der Waals surface area (Å²) in [5.41, 5.74) is 6.30. The molecule has 17 heavy (non-hydrogen) atoms. The van der Waals surface area contributed by atoms with Crippen molar-refractivity contribution in [3.8, 4) is 5.75 Å². The van der Waals surface area contributed by atoms with E-state index < -0.39 is 17.6 Å². The van der Waals surface area contributed by atoms with Gasteiger partial charge >= 0.3 is 17.6 Å². The van der Waals surface area contributed by atoms with Crippen LogP contribution in [0.25, 0.3) is 0 Å². The summed E-state index contributed by atoms with van der Waals surface area (Å²) in [6.45, 7) is 1.60. The van der Waals surface area contributed by atoms with Gasteiger partial charge in [0, 0.05) is 6.54 Å². The van der Waals surface area contributed by atoms with E-state index >= 15 is 0 Å². The minimum absolute atomic E-state index is 0.00611. The molecule has 0 aliphatic rings. The zero-order chi connectivity index (χ0) is 13.2. The van der Waals surface area contributed by atoms with Crippen molar-refractivity contribution in [2.45, 2.75) is 13.5 Å². The van der Waals surface area contributed by atoms with Crippen molar-refractivity contribution in [3.05, 3.63) is 23.3 Å². The lowest BCUT2D eigenvalue weighted by Crippen LogP contribution is -2.33. The molecule has 0 spiro atoms. The number of hydrogen-bond acceptors (Lipinski definition) is 6. The first-order valence-electron chi connectivity index (χ1n) is 4.58. The molecule has 1 aromatic rings. The third-order valence-corrected chi connectivity index (χ3v) is 2.61. The number of halogens is 1. The van der Waals surface area contributed by atoms with E-state index in [0.717, 1.165) is 6.07 Å². The van der Waals surface area contributed by atoms with Gasteiger partial charge in [0.05, 0.1) is 0 Å². The Labute approximate surface area is 98.4 Å². The second-order valence-corrected chi connectivity index (χ2v) is 4.30. The van der Waals surface area contributed by atoms with Gasteiger partial charge in [0.1, 0.15) is 5.75 Å². The van der Waals surface area contributed by atoms with Gasteiger partial charge in [0.25, 0.3) is 0 Å². The molecule has 4 N–H and O–H groups in total. The monoisotopic (exact) mass is 263 g/mol. The maximum absolute atomic E-state index is 12.3. The molecule has 0 fully saturated rings. The van der Waals surface area contributed by atoms with Crippen molar-refractivity contribution in [1.82, 2.24) is 0 Å². The van der Waals surface area contributed by atoms with Crippen molar-refractivity contribution < 1.29 is 26.5 Å². The standard InChI is InChI=1S/C8H11BFNO5S/c1-5-6(4-11)2-7(16-17(10,14)15)3-8(5)9(12)13/h2-3,12-13H,4,11H2,1H3. The summed E-state index contributed by atoms with van der Waals surface area (Å²) in [4.78, 5) is 0. The summed E-state index contributed by atoms with van der Waals surface area (Å²) in [5, 5.41) is 18.1. The highest BCUT2D eigenvalue weighted by Gasteiger charge is 2.20. The molecule has 6 nitrogen and oxygen atoms in total. The van der Waals surface area contributed by atoms with Gasteiger partial charge in [-0.3, -0.25) is 0 Å². The van der Waals surface area contributed by atoms with Crippen LogP contribution < -0.4 is 15.4 Å². The van der Waals surface area contributed by atoms with Gasteiger partial charge in [-0.15, -0.1) is 0 Å². The van der Waals surface area contributed by atoms with Crippen LogP contribution in [0.3, 0.4) is 0 Å². The van der Waals surface area contributed by atoms with E-state index in [4.69, 9.17) is 15.8 Å². The van der Waals surface area contributed by atoms with E-state index in [1.807, 2.05) is 0 Å². The normalized spacial score (nSPS) is 11.4. The van der Waals surface area contributed by atoms with Crippen molar-refractivity contribution in [1.29, 1.82) is 0 Å². The fraction of sp³-hybridized carbons (Fsp3) is 0.250. The van der Waals surface area contributed by atoms with Crippen LogP contribution in [0.4, 0.5) is 3.89 Å². The average molecular weight is 263 g/mol. The second-order valence-electron chi connectivity index (χ2n) is 3.35. The summed E-state index contributed by atoms with van der Waals surface area (Å²) in [6, 6.07) is 2.24. The smallest absolute Gasteiger partial charge is 0.423 e. The second kappa shape index (κ2) is 5.00. The zero-order valence-corrected chi connectivity index (χ0v) is 9.74. The Balaban J connectivity index is 3.30. The third-order valence-electron chi connectivity index (χ3n) is 2.22. The molecular weight excluding hydrogens is 252 g/mol. The third kappa shape index (κ3) is 3.67. The Hall–Kier alpha value is -1.16. The average Bonchev–Trinajstić information content (AvgIpc) is 2.17. The summed E-state index contributed by atoms with van der Waals surface area (Å²) in [6.07, 6.45) is 0. The molecule has 9 heteroatoms. The van der Waals surface area contributed by atoms with Crippen LogP contribution >= 0.6 is 0 Å². The van der Waals surface area contributed by atoms with Crippen LogP contribution in [0.1, 0.15) is 11.1 Å². The Morgan fingerprint density at radius 2 is 2.06 bits per heavy atom. The maximum Gasteiger partial charge on any atom is 0.488 e. The lowest BCUT2D eigenvalue weighted by Gasteiger charge is -2.11. The van der Waals surface area contributed by atoms with Crippen molar-refractivity contribution >= 4 is 23.1 Å². The van der Waals surface area contributed by atoms with Crippen molar-refractivity contribution in [2.24, 2.45) is 5.73 Å².